The highest BCUT2D eigenvalue weighted by Gasteiger charge is 2.34. The van der Waals surface area contributed by atoms with Crippen molar-refractivity contribution in [1.29, 1.82) is 0 Å². The third-order valence-electron chi connectivity index (χ3n) is 4.16. The molecule has 0 spiro atoms. The van der Waals surface area contributed by atoms with Crippen molar-refractivity contribution in [2.75, 3.05) is 5.32 Å². The average Bonchev–Trinajstić information content (AvgIpc) is 2.65. The van der Waals surface area contributed by atoms with Crippen LogP contribution in [0.2, 0.25) is 0 Å². The smallest absolute Gasteiger partial charge is 0.327 e. The zero-order chi connectivity index (χ0) is 16.1. The monoisotopic (exact) mass is 300 g/mol. The Bertz CT molecular complexity index is 768. The zero-order valence-corrected chi connectivity index (χ0v) is 13.0. The van der Waals surface area contributed by atoms with Crippen LogP contribution in [0.1, 0.15) is 38.8 Å². The van der Waals surface area contributed by atoms with E-state index in [2.05, 4.69) is 5.32 Å². The Kier molecular flexibility index (Phi) is 3.24. The highest BCUT2D eigenvalue weighted by atomic mass is 16.4. The van der Waals surface area contributed by atoms with E-state index >= 15 is 0 Å². The van der Waals surface area contributed by atoms with Crippen LogP contribution in [-0.2, 0) is 16.0 Å². The second-order valence-electron chi connectivity index (χ2n) is 6.92. The van der Waals surface area contributed by atoms with Gasteiger partial charge >= 0.3 is 5.97 Å². The van der Waals surface area contributed by atoms with Crippen LogP contribution in [0.4, 0.5) is 5.69 Å². The lowest BCUT2D eigenvalue weighted by molar-refractivity contribution is -0.144. The van der Waals surface area contributed by atoms with Crippen LogP contribution in [0.25, 0.3) is 10.9 Å². The van der Waals surface area contributed by atoms with Gasteiger partial charge in [-0.1, -0.05) is 26.8 Å². The topological polar surface area (TPSA) is 71.3 Å². The number of hydrogen-bond donors (Lipinski definition) is 2. The van der Waals surface area contributed by atoms with E-state index < -0.39 is 17.4 Å². The number of carbonyl (C=O) groups is 2. The number of benzene rings is 1. The Morgan fingerprint density at radius 3 is 2.68 bits per heavy atom. The molecule has 1 amide bonds. The van der Waals surface area contributed by atoms with Gasteiger partial charge in [0.05, 0.1) is 11.2 Å². The fraction of sp³-hybridized carbons (Fsp3) is 0.412. The van der Waals surface area contributed by atoms with E-state index in [0.717, 1.165) is 22.2 Å². The van der Waals surface area contributed by atoms with Crippen molar-refractivity contribution in [3.63, 3.8) is 0 Å². The van der Waals surface area contributed by atoms with E-state index in [1.807, 2.05) is 49.7 Å². The van der Waals surface area contributed by atoms with Gasteiger partial charge < -0.3 is 15.0 Å². The number of carboxylic acid groups (broad SMARTS) is 1. The number of aryl methyl sites for hydroxylation is 1. The van der Waals surface area contributed by atoms with Crippen LogP contribution in [-0.4, -0.2) is 21.6 Å². The molecule has 22 heavy (non-hydrogen) atoms. The molecule has 0 saturated heterocycles. The number of nitrogens with one attached hydrogen (secondary N) is 1. The van der Waals surface area contributed by atoms with E-state index in [4.69, 9.17) is 0 Å². The molecule has 5 nitrogen and oxygen atoms in total. The van der Waals surface area contributed by atoms with Crippen LogP contribution >= 0.6 is 0 Å². The standard InChI is InChI=1S/C17H20N2O3/c1-17(2,3)15(16(21)22)19-9-10-7-8-13(20)18-11-5-4-6-12(19)14(10)11/h4-6,9,15H,7-8H2,1-3H3,(H,18,20)(H,21,22). The fourth-order valence-electron chi connectivity index (χ4n) is 3.27. The highest BCUT2D eigenvalue weighted by Crippen LogP contribution is 2.38. The number of amides is 1. The SMILES string of the molecule is CC(C)(C)C(C(=O)O)n1cc2c3c(cccc31)NC(=O)CC2. The first kappa shape index (κ1) is 14.6. The molecule has 1 unspecified atom stereocenters. The number of carbonyl (C=O) groups excluding carboxylic acids is 1. The van der Waals surface area contributed by atoms with Gasteiger partial charge in [0.1, 0.15) is 6.04 Å². The minimum atomic E-state index is -0.845. The first-order valence-corrected chi connectivity index (χ1v) is 7.44. The van der Waals surface area contributed by atoms with Crippen LogP contribution < -0.4 is 5.32 Å². The van der Waals surface area contributed by atoms with Crippen molar-refractivity contribution in [3.05, 3.63) is 30.0 Å². The molecule has 0 saturated carbocycles. The lowest BCUT2D eigenvalue weighted by atomic mass is 9.86. The molecular weight excluding hydrogens is 280 g/mol. The molecular formula is C17H20N2O3. The summed E-state index contributed by atoms with van der Waals surface area (Å²) >= 11 is 0. The minimum absolute atomic E-state index is 0.000793. The number of rotatable bonds is 2. The quantitative estimate of drug-likeness (QED) is 0.894. The Morgan fingerprint density at radius 2 is 2.05 bits per heavy atom. The molecule has 1 atom stereocenters. The maximum absolute atomic E-state index is 11.8. The van der Waals surface area contributed by atoms with E-state index in [0.29, 0.717) is 12.8 Å². The van der Waals surface area contributed by atoms with Gasteiger partial charge in [-0.05, 0) is 29.5 Å². The molecule has 1 aliphatic heterocycles. The van der Waals surface area contributed by atoms with Crippen molar-refractivity contribution >= 4 is 28.5 Å². The van der Waals surface area contributed by atoms with Gasteiger partial charge in [-0.15, -0.1) is 0 Å². The van der Waals surface area contributed by atoms with Gasteiger partial charge in [0, 0.05) is 18.0 Å². The zero-order valence-electron chi connectivity index (χ0n) is 13.0. The lowest BCUT2D eigenvalue weighted by Crippen LogP contribution is -2.31. The highest BCUT2D eigenvalue weighted by molar-refractivity contribution is 6.05. The molecule has 1 aromatic carbocycles. The van der Waals surface area contributed by atoms with Gasteiger partial charge in [0.15, 0.2) is 0 Å². The summed E-state index contributed by atoms with van der Waals surface area (Å²) in [6.07, 6.45) is 2.95. The van der Waals surface area contributed by atoms with Crippen molar-refractivity contribution in [1.82, 2.24) is 4.57 Å². The van der Waals surface area contributed by atoms with Gasteiger partial charge in [-0.2, -0.15) is 0 Å². The number of hydrogen-bond acceptors (Lipinski definition) is 2. The van der Waals surface area contributed by atoms with E-state index in [1.54, 1.807) is 0 Å². The van der Waals surface area contributed by atoms with E-state index in [9.17, 15) is 14.7 Å². The van der Waals surface area contributed by atoms with Crippen LogP contribution in [0.3, 0.4) is 0 Å². The molecule has 0 bridgehead atoms. The van der Waals surface area contributed by atoms with Gasteiger partial charge in [0.25, 0.3) is 0 Å². The summed E-state index contributed by atoms with van der Waals surface area (Å²) in [5.74, 6) is -0.844. The fourth-order valence-corrected chi connectivity index (χ4v) is 3.27. The molecule has 2 heterocycles. The maximum atomic E-state index is 11.8. The summed E-state index contributed by atoms with van der Waals surface area (Å²) in [5.41, 5.74) is 2.24. The normalized spacial score (nSPS) is 16.2. The second-order valence-corrected chi connectivity index (χ2v) is 6.92. The van der Waals surface area contributed by atoms with Gasteiger partial charge in [-0.3, -0.25) is 4.79 Å². The number of carboxylic acids is 1. The molecule has 3 rings (SSSR count). The summed E-state index contributed by atoms with van der Waals surface area (Å²) in [6, 6.07) is 4.98. The van der Waals surface area contributed by atoms with E-state index in [1.165, 1.54) is 0 Å². The molecule has 2 N–H and O–H groups in total. The molecule has 0 fully saturated rings. The first-order valence-electron chi connectivity index (χ1n) is 7.44. The van der Waals surface area contributed by atoms with Crippen molar-refractivity contribution < 1.29 is 14.7 Å². The first-order chi connectivity index (χ1) is 10.3. The van der Waals surface area contributed by atoms with Crippen LogP contribution in [0.15, 0.2) is 24.4 Å². The Morgan fingerprint density at radius 1 is 1.32 bits per heavy atom. The predicted octanol–water partition coefficient (Wildman–Crippen LogP) is 3.20. The van der Waals surface area contributed by atoms with Crippen molar-refractivity contribution in [3.8, 4) is 0 Å². The summed E-state index contributed by atoms with van der Waals surface area (Å²) in [5, 5.41) is 13.6. The third kappa shape index (κ3) is 2.26. The Labute approximate surface area is 128 Å². The largest absolute Gasteiger partial charge is 0.480 e. The Balaban J connectivity index is 2.27. The number of aliphatic carboxylic acids is 1. The predicted molar refractivity (Wildman–Crippen MR) is 85.0 cm³/mol. The summed E-state index contributed by atoms with van der Waals surface area (Å²) in [7, 11) is 0. The van der Waals surface area contributed by atoms with E-state index in [-0.39, 0.29) is 5.91 Å². The Hall–Kier alpha value is -2.30. The maximum Gasteiger partial charge on any atom is 0.327 e. The van der Waals surface area contributed by atoms with Crippen LogP contribution in [0.5, 0.6) is 0 Å². The molecule has 5 heteroatoms. The summed E-state index contributed by atoms with van der Waals surface area (Å²) in [4.78, 5) is 23.6. The molecule has 1 aliphatic rings. The summed E-state index contributed by atoms with van der Waals surface area (Å²) < 4.78 is 1.84. The van der Waals surface area contributed by atoms with Crippen molar-refractivity contribution in [2.24, 2.45) is 5.41 Å². The minimum Gasteiger partial charge on any atom is -0.480 e. The number of anilines is 1. The van der Waals surface area contributed by atoms with Gasteiger partial charge in [-0.25, -0.2) is 4.79 Å². The number of nitrogens with zero attached hydrogens (tertiary/aromatic N) is 1. The average molecular weight is 300 g/mol. The third-order valence-corrected chi connectivity index (χ3v) is 4.16. The molecule has 116 valence electrons. The summed E-state index contributed by atoms with van der Waals surface area (Å²) in [6.45, 7) is 5.78. The second kappa shape index (κ2) is 4.87. The van der Waals surface area contributed by atoms with Gasteiger partial charge in [0.2, 0.25) is 5.91 Å². The van der Waals surface area contributed by atoms with Crippen LogP contribution in [0, 0.1) is 5.41 Å². The molecule has 2 aromatic rings. The lowest BCUT2D eigenvalue weighted by Gasteiger charge is -2.29. The van der Waals surface area contributed by atoms with Crippen molar-refractivity contribution in [2.45, 2.75) is 39.7 Å². The molecule has 0 radical (unpaired) electrons. The molecule has 0 aliphatic carbocycles. The number of aromatic nitrogens is 1. The molecule has 1 aromatic heterocycles.